The number of fused-ring (bicyclic) bond motifs is 1. The number of nitrogens with one attached hydrogen (secondary N) is 1. The molecular weight excluding hydrogens is 240 g/mol. The van der Waals surface area contributed by atoms with Crippen molar-refractivity contribution < 1.29 is 9.53 Å². The second-order valence-electron chi connectivity index (χ2n) is 3.66. The minimum absolute atomic E-state index is 0.383. The van der Waals surface area contributed by atoms with Gasteiger partial charge in [-0.15, -0.1) is 11.6 Å². The number of ether oxygens (including phenoxy) is 1. The summed E-state index contributed by atoms with van der Waals surface area (Å²) >= 11 is 5.58. The van der Waals surface area contributed by atoms with Gasteiger partial charge >= 0.3 is 0 Å². The lowest BCUT2D eigenvalue weighted by Gasteiger charge is -2.05. The average Bonchev–Trinajstić information content (AvgIpc) is 2.74. The normalized spacial score (nSPS) is 10.6. The second-order valence-corrected chi connectivity index (χ2v) is 4.03. The van der Waals surface area contributed by atoms with E-state index >= 15 is 0 Å². The standard InChI is InChI=1S/C12H13ClN2O2/c13-5-2-6-17-11-4-1-3-9-8(11)7-10(15-9)12(14)16/h1,3-4,7,15H,2,5-6H2,(H2,14,16). The van der Waals surface area contributed by atoms with Gasteiger partial charge in [0.15, 0.2) is 0 Å². The monoisotopic (exact) mass is 252 g/mol. The minimum atomic E-state index is -0.479. The summed E-state index contributed by atoms with van der Waals surface area (Å²) < 4.78 is 5.60. The van der Waals surface area contributed by atoms with Gasteiger partial charge in [-0.05, 0) is 24.6 Å². The molecule has 2 rings (SSSR count). The Kier molecular flexibility index (Phi) is 3.54. The Bertz CT molecular complexity index is 536. The van der Waals surface area contributed by atoms with Gasteiger partial charge in [-0.25, -0.2) is 0 Å². The molecule has 17 heavy (non-hydrogen) atoms. The van der Waals surface area contributed by atoms with Crippen LogP contribution >= 0.6 is 11.6 Å². The van der Waals surface area contributed by atoms with Crippen molar-refractivity contribution in [2.45, 2.75) is 6.42 Å². The molecule has 4 nitrogen and oxygen atoms in total. The first-order chi connectivity index (χ1) is 8.22. The van der Waals surface area contributed by atoms with E-state index in [4.69, 9.17) is 22.1 Å². The van der Waals surface area contributed by atoms with Crippen molar-refractivity contribution in [3.8, 4) is 5.75 Å². The Morgan fingerprint density at radius 3 is 3.00 bits per heavy atom. The molecule has 2 aromatic rings. The van der Waals surface area contributed by atoms with E-state index < -0.39 is 5.91 Å². The maximum absolute atomic E-state index is 11.1. The number of rotatable bonds is 5. The number of halogens is 1. The third kappa shape index (κ3) is 2.53. The number of carbonyl (C=O) groups is 1. The van der Waals surface area contributed by atoms with Crippen LogP contribution in [0.5, 0.6) is 5.75 Å². The summed E-state index contributed by atoms with van der Waals surface area (Å²) in [7, 11) is 0. The summed E-state index contributed by atoms with van der Waals surface area (Å²) in [6.07, 6.45) is 0.783. The number of carbonyl (C=O) groups excluding carboxylic acids is 1. The first kappa shape index (κ1) is 11.8. The van der Waals surface area contributed by atoms with Gasteiger partial charge in [0, 0.05) is 16.8 Å². The predicted octanol–water partition coefficient (Wildman–Crippen LogP) is 2.27. The summed E-state index contributed by atoms with van der Waals surface area (Å²) in [6.45, 7) is 0.555. The summed E-state index contributed by atoms with van der Waals surface area (Å²) in [5, 5.41) is 0.857. The predicted molar refractivity (Wildman–Crippen MR) is 67.6 cm³/mol. The van der Waals surface area contributed by atoms with Crippen LogP contribution in [0, 0.1) is 0 Å². The lowest BCUT2D eigenvalue weighted by Crippen LogP contribution is -2.10. The highest BCUT2D eigenvalue weighted by Crippen LogP contribution is 2.26. The molecule has 0 saturated heterocycles. The number of alkyl halides is 1. The third-order valence-corrected chi connectivity index (χ3v) is 2.69. The molecule has 1 aromatic heterocycles. The van der Waals surface area contributed by atoms with E-state index in [0.717, 1.165) is 23.1 Å². The molecule has 0 atom stereocenters. The van der Waals surface area contributed by atoms with E-state index in [0.29, 0.717) is 18.2 Å². The lowest BCUT2D eigenvalue weighted by molar-refractivity contribution is 0.0996. The van der Waals surface area contributed by atoms with E-state index in [-0.39, 0.29) is 0 Å². The quantitative estimate of drug-likeness (QED) is 0.633. The first-order valence-corrected chi connectivity index (χ1v) is 5.86. The number of primary amides is 1. The molecular formula is C12H13ClN2O2. The highest BCUT2D eigenvalue weighted by molar-refractivity contribution is 6.17. The minimum Gasteiger partial charge on any atom is -0.493 e. The van der Waals surface area contributed by atoms with E-state index in [1.54, 1.807) is 6.07 Å². The SMILES string of the molecule is NC(=O)c1cc2c(OCCCCl)cccc2[nH]1. The largest absolute Gasteiger partial charge is 0.493 e. The van der Waals surface area contributed by atoms with Crippen LogP contribution in [0.4, 0.5) is 0 Å². The van der Waals surface area contributed by atoms with Gasteiger partial charge in [-0.3, -0.25) is 4.79 Å². The van der Waals surface area contributed by atoms with E-state index in [1.165, 1.54) is 0 Å². The highest BCUT2D eigenvalue weighted by Gasteiger charge is 2.09. The van der Waals surface area contributed by atoms with Crippen LogP contribution in [0.25, 0.3) is 10.9 Å². The van der Waals surface area contributed by atoms with Gasteiger partial charge in [0.2, 0.25) is 0 Å². The molecule has 0 aliphatic heterocycles. The molecule has 3 N–H and O–H groups in total. The van der Waals surface area contributed by atoms with E-state index in [9.17, 15) is 4.79 Å². The molecule has 1 aromatic carbocycles. The van der Waals surface area contributed by atoms with Crippen molar-refractivity contribution in [3.05, 3.63) is 30.0 Å². The lowest BCUT2D eigenvalue weighted by atomic mass is 10.2. The summed E-state index contributed by atoms with van der Waals surface area (Å²) in [4.78, 5) is 14.0. The number of hydrogen-bond acceptors (Lipinski definition) is 2. The molecule has 0 spiro atoms. The van der Waals surface area contributed by atoms with Crippen molar-refractivity contribution in [1.82, 2.24) is 4.98 Å². The number of benzene rings is 1. The molecule has 0 unspecified atom stereocenters. The van der Waals surface area contributed by atoms with Gasteiger partial charge in [-0.1, -0.05) is 6.07 Å². The van der Waals surface area contributed by atoms with Gasteiger partial charge in [0.1, 0.15) is 11.4 Å². The highest BCUT2D eigenvalue weighted by atomic mass is 35.5. The molecule has 0 aliphatic rings. The van der Waals surface area contributed by atoms with Gasteiger partial charge in [-0.2, -0.15) is 0 Å². The van der Waals surface area contributed by atoms with Crippen LogP contribution in [0.3, 0.4) is 0 Å². The van der Waals surface area contributed by atoms with Crippen molar-refractivity contribution in [2.75, 3.05) is 12.5 Å². The number of aromatic amines is 1. The molecule has 1 heterocycles. The van der Waals surface area contributed by atoms with Crippen molar-refractivity contribution in [1.29, 1.82) is 0 Å². The van der Waals surface area contributed by atoms with Gasteiger partial charge in [0.25, 0.3) is 5.91 Å². The fraction of sp³-hybridized carbons (Fsp3) is 0.250. The molecule has 0 fully saturated rings. The second kappa shape index (κ2) is 5.10. The molecule has 0 radical (unpaired) electrons. The van der Waals surface area contributed by atoms with Gasteiger partial charge in [0.05, 0.1) is 6.61 Å². The topological polar surface area (TPSA) is 68.1 Å². The summed E-state index contributed by atoms with van der Waals surface area (Å²) in [6, 6.07) is 7.29. The fourth-order valence-corrected chi connectivity index (χ4v) is 1.73. The summed E-state index contributed by atoms with van der Waals surface area (Å²) in [5.41, 5.74) is 6.44. The maximum atomic E-state index is 11.1. The molecule has 0 saturated carbocycles. The fourth-order valence-electron chi connectivity index (χ4n) is 1.62. The maximum Gasteiger partial charge on any atom is 0.265 e. The van der Waals surface area contributed by atoms with Crippen LogP contribution in [0.15, 0.2) is 24.3 Å². The summed E-state index contributed by atoms with van der Waals surface area (Å²) in [5.74, 6) is 0.819. The zero-order valence-corrected chi connectivity index (χ0v) is 9.96. The van der Waals surface area contributed by atoms with Crippen molar-refractivity contribution >= 4 is 28.4 Å². The zero-order chi connectivity index (χ0) is 12.3. The third-order valence-electron chi connectivity index (χ3n) is 2.43. The van der Waals surface area contributed by atoms with Gasteiger partial charge < -0.3 is 15.5 Å². The smallest absolute Gasteiger partial charge is 0.265 e. The Morgan fingerprint density at radius 2 is 2.29 bits per heavy atom. The number of amides is 1. The Morgan fingerprint density at radius 1 is 1.47 bits per heavy atom. The van der Waals surface area contributed by atoms with Crippen LogP contribution < -0.4 is 10.5 Å². The molecule has 0 aliphatic carbocycles. The zero-order valence-electron chi connectivity index (χ0n) is 9.20. The average molecular weight is 253 g/mol. The Hall–Kier alpha value is -1.68. The molecule has 5 heteroatoms. The van der Waals surface area contributed by atoms with Crippen LogP contribution in [0.1, 0.15) is 16.9 Å². The van der Waals surface area contributed by atoms with Crippen LogP contribution in [-0.2, 0) is 0 Å². The number of H-pyrrole nitrogens is 1. The molecule has 1 amide bonds. The number of aromatic nitrogens is 1. The van der Waals surface area contributed by atoms with E-state index in [2.05, 4.69) is 4.98 Å². The molecule has 90 valence electrons. The number of nitrogens with two attached hydrogens (primary N) is 1. The van der Waals surface area contributed by atoms with Crippen molar-refractivity contribution in [3.63, 3.8) is 0 Å². The number of hydrogen-bond donors (Lipinski definition) is 2. The first-order valence-electron chi connectivity index (χ1n) is 5.32. The van der Waals surface area contributed by atoms with Crippen LogP contribution in [0.2, 0.25) is 0 Å². The van der Waals surface area contributed by atoms with Crippen LogP contribution in [-0.4, -0.2) is 23.4 Å². The Labute approximate surface area is 104 Å². The Balaban J connectivity index is 2.32. The van der Waals surface area contributed by atoms with Crippen molar-refractivity contribution in [2.24, 2.45) is 5.73 Å². The molecule has 0 bridgehead atoms. The van der Waals surface area contributed by atoms with E-state index in [1.807, 2.05) is 18.2 Å².